The third-order valence-corrected chi connectivity index (χ3v) is 4.44. The van der Waals surface area contributed by atoms with Crippen LogP contribution in [0.2, 0.25) is 0 Å². The molecule has 1 saturated carbocycles. The van der Waals surface area contributed by atoms with Gasteiger partial charge < -0.3 is 4.74 Å². The van der Waals surface area contributed by atoms with Gasteiger partial charge in [-0.2, -0.15) is 10.4 Å². The molecule has 5 nitrogen and oxygen atoms in total. The molecule has 1 fully saturated rings. The summed E-state index contributed by atoms with van der Waals surface area (Å²) in [6.45, 7) is 6.53. The molecule has 0 bridgehead atoms. The van der Waals surface area contributed by atoms with Gasteiger partial charge in [-0.25, -0.2) is 5.43 Å². The van der Waals surface area contributed by atoms with Crippen LogP contribution in [0.15, 0.2) is 29.4 Å². The minimum absolute atomic E-state index is 0.0927. The number of carbonyl (C=O) groups excluding carboxylic acids is 1. The van der Waals surface area contributed by atoms with Crippen LogP contribution in [0.4, 0.5) is 0 Å². The number of hydrogen-bond acceptors (Lipinski definition) is 4. The van der Waals surface area contributed by atoms with E-state index in [2.05, 4.69) is 31.3 Å². The van der Waals surface area contributed by atoms with E-state index in [9.17, 15) is 4.79 Å². The fourth-order valence-corrected chi connectivity index (χ4v) is 3.03. The average molecular weight is 327 g/mol. The van der Waals surface area contributed by atoms with E-state index >= 15 is 0 Å². The summed E-state index contributed by atoms with van der Waals surface area (Å²) in [5.41, 5.74) is 4.27. The summed E-state index contributed by atoms with van der Waals surface area (Å²) >= 11 is 0. The zero-order valence-electron chi connectivity index (χ0n) is 14.6. The summed E-state index contributed by atoms with van der Waals surface area (Å²) < 4.78 is 5.41. The molecule has 1 aliphatic rings. The highest BCUT2D eigenvalue weighted by Gasteiger charge is 2.27. The molecule has 2 atom stereocenters. The molecule has 1 aromatic rings. The number of nitriles is 1. The molecule has 1 amide bonds. The topological polar surface area (TPSA) is 74.5 Å². The zero-order valence-corrected chi connectivity index (χ0v) is 14.6. The maximum Gasteiger partial charge on any atom is 0.277 e. The third-order valence-electron chi connectivity index (χ3n) is 4.44. The van der Waals surface area contributed by atoms with Crippen LogP contribution in [0.5, 0.6) is 5.75 Å². The summed E-state index contributed by atoms with van der Waals surface area (Å²) in [6.07, 6.45) is 3.30. The van der Waals surface area contributed by atoms with Crippen LogP contribution in [-0.2, 0) is 4.79 Å². The molecule has 0 aromatic heterocycles. The Morgan fingerprint density at radius 1 is 1.38 bits per heavy atom. The van der Waals surface area contributed by atoms with Crippen molar-refractivity contribution in [1.29, 1.82) is 5.26 Å². The van der Waals surface area contributed by atoms with Crippen LogP contribution in [0.1, 0.15) is 45.6 Å². The van der Waals surface area contributed by atoms with E-state index < -0.39 is 0 Å². The van der Waals surface area contributed by atoms with E-state index in [4.69, 9.17) is 10.00 Å². The molecule has 0 unspecified atom stereocenters. The Morgan fingerprint density at radius 2 is 2.08 bits per heavy atom. The van der Waals surface area contributed by atoms with E-state index in [1.165, 1.54) is 6.42 Å². The Balaban J connectivity index is 1.87. The van der Waals surface area contributed by atoms with Gasteiger partial charge in [0.05, 0.1) is 11.6 Å². The monoisotopic (exact) mass is 327 g/mol. The van der Waals surface area contributed by atoms with Gasteiger partial charge in [0.25, 0.3) is 5.91 Å². The Labute approximate surface area is 143 Å². The molecule has 24 heavy (non-hydrogen) atoms. The van der Waals surface area contributed by atoms with Crippen molar-refractivity contribution in [2.24, 2.45) is 22.9 Å². The van der Waals surface area contributed by atoms with Gasteiger partial charge in [0, 0.05) is 11.6 Å². The highest BCUT2D eigenvalue weighted by atomic mass is 16.5. The number of hydrazone groups is 1. The number of carbonyl (C=O) groups is 1. The first-order chi connectivity index (χ1) is 11.5. The minimum Gasteiger partial charge on any atom is -0.484 e. The maximum absolute atomic E-state index is 11.9. The number of nitrogens with one attached hydrogen (secondary N) is 1. The Hall–Kier alpha value is -2.35. The van der Waals surface area contributed by atoms with Gasteiger partial charge in [-0.3, -0.25) is 4.79 Å². The fourth-order valence-electron chi connectivity index (χ4n) is 3.03. The second-order valence-electron chi connectivity index (χ2n) is 6.80. The SMILES string of the molecule is CC(C)[C@@H]1CC[C@@H](C)C/C1=N/NC(=O)COc1ccc(C#N)cc1. The third kappa shape index (κ3) is 5.09. The van der Waals surface area contributed by atoms with Gasteiger partial charge in [0.1, 0.15) is 5.75 Å². The van der Waals surface area contributed by atoms with Gasteiger partial charge in [-0.05, 0) is 55.4 Å². The number of nitrogens with zero attached hydrogens (tertiary/aromatic N) is 2. The molecule has 5 heteroatoms. The molecule has 0 spiro atoms. The van der Waals surface area contributed by atoms with Crippen molar-refractivity contribution in [1.82, 2.24) is 5.43 Å². The average Bonchev–Trinajstić information content (AvgIpc) is 2.58. The summed E-state index contributed by atoms with van der Waals surface area (Å²) in [5.74, 6) is 1.88. The number of ether oxygens (including phenoxy) is 1. The lowest BCUT2D eigenvalue weighted by Gasteiger charge is -2.30. The highest BCUT2D eigenvalue weighted by molar-refractivity contribution is 5.89. The summed E-state index contributed by atoms with van der Waals surface area (Å²) in [6, 6.07) is 8.71. The van der Waals surface area contributed by atoms with Crippen molar-refractivity contribution in [3.63, 3.8) is 0 Å². The second kappa shape index (κ2) is 8.49. The van der Waals surface area contributed by atoms with Crippen LogP contribution in [0.25, 0.3) is 0 Å². The summed E-state index contributed by atoms with van der Waals surface area (Å²) in [7, 11) is 0. The van der Waals surface area contributed by atoms with Gasteiger partial charge >= 0.3 is 0 Å². The highest BCUT2D eigenvalue weighted by Crippen LogP contribution is 2.31. The van der Waals surface area contributed by atoms with Crippen molar-refractivity contribution in [3.8, 4) is 11.8 Å². The number of hydrogen-bond donors (Lipinski definition) is 1. The fraction of sp³-hybridized carbons (Fsp3) is 0.526. The first kappa shape index (κ1) is 18.0. The molecule has 0 saturated heterocycles. The largest absolute Gasteiger partial charge is 0.484 e. The lowest BCUT2D eigenvalue weighted by atomic mass is 9.76. The lowest BCUT2D eigenvalue weighted by Crippen LogP contribution is -2.32. The van der Waals surface area contributed by atoms with Gasteiger partial charge in [-0.15, -0.1) is 0 Å². The molecule has 0 heterocycles. The van der Waals surface area contributed by atoms with Crippen LogP contribution >= 0.6 is 0 Å². The number of amides is 1. The molecular formula is C19H25N3O2. The molecule has 1 aromatic carbocycles. The van der Waals surface area contributed by atoms with Gasteiger partial charge in [0.2, 0.25) is 0 Å². The molecule has 2 rings (SSSR count). The predicted molar refractivity (Wildman–Crippen MR) is 93.6 cm³/mol. The van der Waals surface area contributed by atoms with Crippen molar-refractivity contribution >= 4 is 11.6 Å². The molecule has 0 radical (unpaired) electrons. The van der Waals surface area contributed by atoms with E-state index in [0.717, 1.165) is 18.6 Å². The lowest BCUT2D eigenvalue weighted by molar-refractivity contribution is -0.123. The Bertz CT molecular complexity index is 629. The summed E-state index contributed by atoms with van der Waals surface area (Å²) in [5, 5.41) is 13.1. The molecule has 1 N–H and O–H groups in total. The molecule has 0 aliphatic heterocycles. The van der Waals surface area contributed by atoms with Crippen LogP contribution in [-0.4, -0.2) is 18.2 Å². The summed E-state index contributed by atoms with van der Waals surface area (Å²) in [4.78, 5) is 11.9. The number of benzene rings is 1. The first-order valence-electron chi connectivity index (χ1n) is 8.48. The predicted octanol–water partition coefficient (Wildman–Crippen LogP) is 3.50. The molecular weight excluding hydrogens is 302 g/mol. The molecule has 128 valence electrons. The quantitative estimate of drug-likeness (QED) is 0.841. The first-order valence-corrected chi connectivity index (χ1v) is 8.48. The van der Waals surface area contributed by atoms with E-state index in [0.29, 0.717) is 29.1 Å². The van der Waals surface area contributed by atoms with Gasteiger partial charge in [-0.1, -0.05) is 20.8 Å². The van der Waals surface area contributed by atoms with Crippen LogP contribution in [0, 0.1) is 29.1 Å². The Morgan fingerprint density at radius 3 is 2.71 bits per heavy atom. The van der Waals surface area contributed by atoms with E-state index in [1.54, 1.807) is 24.3 Å². The zero-order chi connectivity index (χ0) is 17.5. The van der Waals surface area contributed by atoms with Crippen molar-refractivity contribution < 1.29 is 9.53 Å². The van der Waals surface area contributed by atoms with Gasteiger partial charge in [0.15, 0.2) is 6.61 Å². The normalized spacial score (nSPS) is 22.2. The van der Waals surface area contributed by atoms with E-state index in [1.807, 2.05) is 6.07 Å². The van der Waals surface area contributed by atoms with Crippen LogP contribution < -0.4 is 10.2 Å². The van der Waals surface area contributed by atoms with E-state index in [-0.39, 0.29) is 12.5 Å². The maximum atomic E-state index is 11.9. The minimum atomic E-state index is -0.271. The van der Waals surface area contributed by atoms with Crippen LogP contribution in [0.3, 0.4) is 0 Å². The van der Waals surface area contributed by atoms with Crippen molar-refractivity contribution in [2.45, 2.75) is 40.0 Å². The smallest absolute Gasteiger partial charge is 0.277 e. The standard InChI is InChI=1S/C19H25N3O2/c1-13(2)17-9-4-14(3)10-18(17)21-22-19(23)12-24-16-7-5-15(11-20)6-8-16/h5-8,13-14,17H,4,9-10,12H2,1-3H3,(H,22,23)/b21-18-/t14-,17+/m1/s1. The molecule has 1 aliphatic carbocycles. The number of rotatable bonds is 5. The van der Waals surface area contributed by atoms with Crippen molar-refractivity contribution in [3.05, 3.63) is 29.8 Å². The van der Waals surface area contributed by atoms with Crippen molar-refractivity contribution in [2.75, 3.05) is 6.61 Å². The Kier molecular flexibility index (Phi) is 6.36. The second-order valence-corrected chi connectivity index (χ2v) is 6.80.